The molecule has 0 unspecified atom stereocenters. The van der Waals surface area contributed by atoms with E-state index in [0.29, 0.717) is 0 Å². The van der Waals surface area contributed by atoms with Crippen molar-refractivity contribution in [2.24, 2.45) is 5.73 Å². The first-order valence-corrected chi connectivity index (χ1v) is 6.16. The van der Waals surface area contributed by atoms with E-state index in [9.17, 15) is 0 Å². The van der Waals surface area contributed by atoms with Crippen LogP contribution in [0.15, 0.2) is 23.4 Å². The molecule has 0 saturated heterocycles. The molecule has 0 bridgehead atoms. The summed E-state index contributed by atoms with van der Waals surface area (Å²) in [7, 11) is 0. The Morgan fingerprint density at radius 1 is 1.53 bits per heavy atom. The molecule has 0 aliphatic heterocycles. The molecule has 3 N–H and O–H groups in total. The molecule has 0 aromatic carbocycles. The molecule has 0 aliphatic rings. The molecule has 0 saturated carbocycles. The number of amidine groups is 1. The van der Waals surface area contributed by atoms with Gasteiger partial charge in [0.1, 0.15) is 10.9 Å². The van der Waals surface area contributed by atoms with Crippen molar-refractivity contribution in [3.8, 4) is 0 Å². The number of rotatable bonds is 6. The quantitative estimate of drug-likeness (QED) is 0.337. The Hall–Kier alpha value is -1.03. The number of pyridine rings is 1. The summed E-state index contributed by atoms with van der Waals surface area (Å²) in [5, 5.41) is 8.29. The van der Waals surface area contributed by atoms with Crippen LogP contribution >= 0.6 is 11.8 Å². The molecule has 0 amide bonds. The lowest BCUT2D eigenvalue weighted by Gasteiger charge is -2.05. The van der Waals surface area contributed by atoms with Crippen LogP contribution in [0.5, 0.6) is 0 Å². The molecule has 0 fully saturated rings. The Morgan fingerprint density at radius 3 is 3.00 bits per heavy atom. The minimum Gasteiger partial charge on any atom is -0.384 e. The van der Waals surface area contributed by atoms with Crippen molar-refractivity contribution in [2.75, 3.05) is 5.75 Å². The van der Waals surface area contributed by atoms with Crippen molar-refractivity contribution in [1.29, 1.82) is 5.41 Å². The average Bonchev–Trinajstić information content (AvgIpc) is 2.25. The molecule has 15 heavy (non-hydrogen) atoms. The largest absolute Gasteiger partial charge is 0.384 e. The summed E-state index contributed by atoms with van der Waals surface area (Å²) in [6, 6.07) is 3.66. The van der Waals surface area contributed by atoms with E-state index in [1.54, 1.807) is 18.0 Å². The van der Waals surface area contributed by atoms with Gasteiger partial charge in [0.15, 0.2) is 0 Å². The highest BCUT2D eigenvalue weighted by Gasteiger charge is 2.05. The van der Waals surface area contributed by atoms with Gasteiger partial charge in [0.2, 0.25) is 0 Å². The fourth-order valence-electron chi connectivity index (χ4n) is 1.23. The number of nitrogens with one attached hydrogen (secondary N) is 1. The highest BCUT2D eigenvalue weighted by atomic mass is 32.2. The molecule has 1 rings (SSSR count). The van der Waals surface area contributed by atoms with Gasteiger partial charge in [0.05, 0.1) is 0 Å². The van der Waals surface area contributed by atoms with Crippen molar-refractivity contribution in [1.82, 2.24) is 4.98 Å². The van der Waals surface area contributed by atoms with Crippen LogP contribution < -0.4 is 5.73 Å². The van der Waals surface area contributed by atoms with Gasteiger partial charge in [0.25, 0.3) is 0 Å². The Bertz CT molecular complexity index is 325. The lowest BCUT2D eigenvalue weighted by Crippen LogP contribution is -2.12. The van der Waals surface area contributed by atoms with Crippen LogP contribution in [0, 0.1) is 5.41 Å². The Balaban J connectivity index is 2.56. The molecule has 1 aromatic rings. The average molecular weight is 223 g/mol. The van der Waals surface area contributed by atoms with E-state index >= 15 is 0 Å². The molecular formula is C11H17N3S. The van der Waals surface area contributed by atoms with Gasteiger partial charge in [-0.15, -0.1) is 11.8 Å². The highest BCUT2D eigenvalue weighted by Crippen LogP contribution is 2.20. The van der Waals surface area contributed by atoms with Crippen LogP contribution in [0.25, 0.3) is 0 Å². The van der Waals surface area contributed by atoms with E-state index < -0.39 is 0 Å². The zero-order chi connectivity index (χ0) is 11.1. The molecule has 3 nitrogen and oxygen atoms in total. The van der Waals surface area contributed by atoms with Gasteiger partial charge in [0, 0.05) is 11.8 Å². The molecule has 82 valence electrons. The van der Waals surface area contributed by atoms with E-state index in [1.165, 1.54) is 19.3 Å². The van der Waals surface area contributed by atoms with Gasteiger partial charge in [-0.2, -0.15) is 0 Å². The molecule has 0 atom stereocenters. The monoisotopic (exact) mass is 223 g/mol. The van der Waals surface area contributed by atoms with Crippen LogP contribution in [-0.2, 0) is 0 Å². The van der Waals surface area contributed by atoms with Crippen LogP contribution in [0.3, 0.4) is 0 Å². The summed E-state index contributed by atoms with van der Waals surface area (Å²) >= 11 is 1.68. The topological polar surface area (TPSA) is 62.8 Å². The van der Waals surface area contributed by atoms with Gasteiger partial charge >= 0.3 is 0 Å². The van der Waals surface area contributed by atoms with E-state index in [0.717, 1.165) is 16.3 Å². The second kappa shape index (κ2) is 6.45. The van der Waals surface area contributed by atoms with Gasteiger partial charge in [-0.25, -0.2) is 4.98 Å². The minimum absolute atomic E-state index is 0.0982. The third-order valence-corrected chi connectivity index (χ3v) is 3.14. The van der Waals surface area contributed by atoms with E-state index in [1.807, 2.05) is 12.1 Å². The number of unbranched alkanes of at least 4 members (excludes halogenated alkanes) is 2. The lowest BCUT2D eigenvalue weighted by atomic mass is 10.3. The molecule has 4 heteroatoms. The maximum Gasteiger partial charge on any atom is 0.125 e. The third kappa shape index (κ3) is 3.91. The summed E-state index contributed by atoms with van der Waals surface area (Å²) in [4.78, 5) is 4.24. The molecule has 1 heterocycles. The van der Waals surface area contributed by atoms with Gasteiger partial charge < -0.3 is 5.73 Å². The number of thioether (sulfide) groups is 1. The molecule has 0 spiro atoms. The van der Waals surface area contributed by atoms with Crippen molar-refractivity contribution in [3.05, 3.63) is 23.9 Å². The first-order chi connectivity index (χ1) is 7.25. The SMILES string of the molecule is CCCCCSc1ncccc1C(=N)N. The fraction of sp³-hybridized carbons (Fsp3) is 0.455. The van der Waals surface area contributed by atoms with Crippen LogP contribution in [0.1, 0.15) is 31.7 Å². The van der Waals surface area contributed by atoms with Gasteiger partial charge in [-0.3, -0.25) is 5.41 Å². The summed E-state index contributed by atoms with van der Waals surface area (Å²) in [6.45, 7) is 2.19. The molecule has 0 radical (unpaired) electrons. The predicted molar refractivity (Wildman–Crippen MR) is 65.5 cm³/mol. The molecule has 1 aromatic heterocycles. The van der Waals surface area contributed by atoms with Crippen molar-refractivity contribution < 1.29 is 0 Å². The number of nitrogens with zero attached hydrogens (tertiary/aromatic N) is 1. The number of hydrogen-bond acceptors (Lipinski definition) is 3. The second-order valence-electron chi connectivity index (χ2n) is 3.33. The predicted octanol–water partition coefficient (Wildman–Crippen LogP) is 2.65. The van der Waals surface area contributed by atoms with Crippen molar-refractivity contribution >= 4 is 17.6 Å². The van der Waals surface area contributed by atoms with Crippen molar-refractivity contribution in [3.63, 3.8) is 0 Å². The summed E-state index contributed by atoms with van der Waals surface area (Å²) in [5.74, 6) is 1.14. The van der Waals surface area contributed by atoms with E-state index in [4.69, 9.17) is 11.1 Å². The summed E-state index contributed by atoms with van der Waals surface area (Å²) in [6.07, 6.45) is 5.40. The molecular weight excluding hydrogens is 206 g/mol. The minimum atomic E-state index is 0.0982. The zero-order valence-corrected chi connectivity index (χ0v) is 9.81. The van der Waals surface area contributed by atoms with E-state index in [-0.39, 0.29) is 5.84 Å². The molecule has 0 aliphatic carbocycles. The third-order valence-electron chi connectivity index (χ3n) is 2.05. The zero-order valence-electron chi connectivity index (χ0n) is 8.99. The Morgan fingerprint density at radius 2 is 2.33 bits per heavy atom. The van der Waals surface area contributed by atoms with Gasteiger partial charge in [-0.1, -0.05) is 19.8 Å². The Kier molecular flexibility index (Phi) is 5.18. The standard InChI is InChI=1S/C11H17N3S/c1-2-3-4-8-15-11-9(10(12)13)6-5-7-14-11/h5-7H,2-4,8H2,1H3,(H3,12,13). The summed E-state index contributed by atoms with van der Waals surface area (Å²) < 4.78 is 0. The first kappa shape index (κ1) is 12.0. The van der Waals surface area contributed by atoms with Crippen LogP contribution in [-0.4, -0.2) is 16.6 Å². The number of nitrogen functional groups attached to an aromatic ring is 1. The number of aromatic nitrogens is 1. The maximum absolute atomic E-state index is 7.42. The number of hydrogen-bond donors (Lipinski definition) is 2. The summed E-state index contributed by atoms with van der Waals surface area (Å²) in [5.41, 5.74) is 6.22. The Labute approximate surface area is 95.0 Å². The second-order valence-corrected chi connectivity index (χ2v) is 4.41. The van der Waals surface area contributed by atoms with Gasteiger partial charge in [-0.05, 0) is 24.3 Å². The maximum atomic E-state index is 7.42. The first-order valence-electron chi connectivity index (χ1n) is 5.18. The van der Waals surface area contributed by atoms with Crippen molar-refractivity contribution in [2.45, 2.75) is 31.2 Å². The van der Waals surface area contributed by atoms with Crippen LogP contribution in [0.2, 0.25) is 0 Å². The van der Waals surface area contributed by atoms with Crippen LogP contribution in [0.4, 0.5) is 0 Å². The number of nitrogens with two attached hydrogens (primary N) is 1. The lowest BCUT2D eigenvalue weighted by molar-refractivity contribution is 0.778. The fourth-order valence-corrected chi connectivity index (χ4v) is 2.24. The smallest absolute Gasteiger partial charge is 0.125 e. The van der Waals surface area contributed by atoms with E-state index in [2.05, 4.69) is 11.9 Å². The highest BCUT2D eigenvalue weighted by molar-refractivity contribution is 7.99. The normalized spacial score (nSPS) is 10.2.